The lowest BCUT2D eigenvalue weighted by Crippen LogP contribution is -2.36. The number of esters is 3. The summed E-state index contributed by atoms with van der Waals surface area (Å²) in [6, 6.07) is 6.98. The molecular weight excluding hydrogens is 570 g/mol. The minimum Gasteiger partial charge on any atom is -0.460 e. The van der Waals surface area contributed by atoms with Gasteiger partial charge in [0.2, 0.25) is 0 Å². The Kier molecular flexibility index (Phi) is 17.1. The number of carbonyl (C=O) groups excluding carboxylic acids is 3. The normalized spacial score (nSPS) is 15.9. The van der Waals surface area contributed by atoms with Crippen LogP contribution in [0.15, 0.2) is 49.6 Å². The van der Waals surface area contributed by atoms with Crippen LogP contribution in [0.2, 0.25) is 0 Å². The lowest BCUT2D eigenvalue weighted by atomic mass is 10.2. The van der Waals surface area contributed by atoms with Gasteiger partial charge in [0.05, 0.1) is 51.8 Å². The molecule has 1 aromatic carbocycles. The van der Waals surface area contributed by atoms with Gasteiger partial charge in [-0.2, -0.15) is 0 Å². The maximum absolute atomic E-state index is 12.4. The van der Waals surface area contributed by atoms with Crippen LogP contribution >= 0.6 is 0 Å². The van der Waals surface area contributed by atoms with Crippen LogP contribution in [0, 0.1) is 0 Å². The van der Waals surface area contributed by atoms with Crippen LogP contribution in [0.25, 0.3) is 0 Å². The van der Waals surface area contributed by atoms with Crippen LogP contribution in [-0.2, 0) is 42.7 Å². The standard InChI is InChI=1S/C29H41NO13/c1-3-27(34)41-16-23(31)13-38-19-26(40-15-25(33)17-42-28(35)4-2)20-39-14-24(32)18-43-29(36)21-5-7-22(8-6-21)30-9-11-37-12-10-30/h3-8,23-26,31-33H,1-2,9-20H2. The molecule has 0 spiro atoms. The van der Waals surface area contributed by atoms with Crippen molar-refractivity contribution in [3.05, 3.63) is 55.1 Å². The van der Waals surface area contributed by atoms with Gasteiger partial charge in [0.15, 0.2) is 0 Å². The number of ether oxygens (including phenoxy) is 7. The quantitative estimate of drug-likeness (QED) is 0.0932. The fraction of sp³-hybridized carbons (Fsp3) is 0.552. The predicted molar refractivity (Wildman–Crippen MR) is 151 cm³/mol. The summed E-state index contributed by atoms with van der Waals surface area (Å²) in [5.74, 6) is -1.98. The molecule has 240 valence electrons. The van der Waals surface area contributed by atoms with Crippen molar-refractivity contribution in [3.8, 4) is 0 Å². The van der Waals surface area contributed by atoms with Gasteiger partial charge in [-0.1, -0.05) is 13.2 Å². The molecule has 4 unspecified atom stereocenters. The number of aliphatic hydroxyl groups excluding tert-OH is 3. The van der Waals surface area contributed by atoms with Crippen LogP contribution in [0.3, 0.4) is 0 Å². The third kappa shape index (κ3) is 15.1. The van der Waals surface area contributed by atoms with Crippen molar-refractivity contribution < 1.29 is 62.9 Å². The van der Waals surface area contributed by atoms with E-state index in [9.17, 15) is 29.7 Å². The third-order valence-corrected chi connectivity index (χ3v) is 5.81. The largest absolute Gasteiger partial charge is 0.460 e. The van der Waals surface area contributed by atoms with Gasteiger partial charge >= 0.3 is 17.9 Å². The first kappa shape index (κ1) is 35.8. The van der Waals surface area contributed by atoms with E-state index in [2.05, 4.69) is 18.1 Å². The topological polar surface area (TPSA) is 180 Å². The SMILES string of the molecule is C=CC(=O)OCC(O)COCC(COCC(O)COC(=O)c1ccc(N2CCOCC2)cc1)OCC(O)COC(=O)C=C. The highest BCUT2D eigenvalue weighted by Gasteiger charge is 2.18. The molecule has 1 fully saturated rings. The number of benzene rings is 1. The number of anilines is 1. The zero-order valence-electron chi connectivity index (χ0n) is 24.0. The van der Waals surface area contributed by atoms with E-state index in [1.165, 1.54) is 0 Å². The van der Waals surface area contributed by atoms with E-state index in [-0.39, 0.29) is 52.9 Å². The van der Waals surface area contributed by atoms with E-state index >= 15 is 0 Å². The second kappa shape index (κ2) is 20.5. The smallest absolute Gasteiger partial charge is 0.338 e. The van der Waals surface area contributed by atoms with Gasteiger partial charge in [0.1, 0.15) is 44.2 Å². The Balaban J connectivity index is 1.75. The minimum atomic E-state index is -1.15. The summed E-state index contributed by atoms with van der Waals surface area (Å²) < 4.78 is 36.5. The van der Waals surface area contributed by atoms with Gasteiger partial charge in [0.25, 0.3) is 0 Å². The average Bonchev–Trinajstić information content (AvgIpc) is 3.03. The van der Waals surface area contributed by atoms with Gasteiger partial charge < -0.3 is 53.4 Å². The van der Waals surface area contributed by atoms with Crippen LogP contribution in [0.1, 0.15) is 10.4 Å². The number of morpholine rings is 1. The Morgan fingerprint density at radius 2 is 1.23 bits per heavy atom. The van der Waals surface area contributed by atoms with Crippen molar-refractivity contribution >= 4 is 23.6 Å². The molecule has 0 saturated carbocycles. The Bertz CT molecular complexity index is 997. The molecule has 14 nitrogen and oxygen atoms in total. The van der Waals surface area contributed by atoms with Crippen LogP contribution in [0.5, 0.6) is 0 Å². The molecule has 0 aliphatic carbocycles. The highest BCUT2D eigenvalue weighted by molar-refractivity contribution is 5.89. The molecule has 3 N–H and O–H groups in total. The second-order valence-electron chi connectivity index (χ2n) is 9.40. The van der Waals surface area contributed by atoms with Gasteiger partial charge in [-0.3, -0.25) is 0 Å². The van der Waals surface area contributed by atoms with Crippen molar-refractivity contribution in [2.24, 2.45) is 0 Å². The molecular formula is C29H41NO13. The number of carbonyl (C=O) groups is 3. The first-order valence-corrected chi connectivity index (χ1v) is 13.7. The number of nitrogens with zero attached hydrogens (tertiary/aromatic N) is 1. The molecule has 2 rings (SSSR count). The first-order chi connectivity index (χ1) is 20.7. The summed E-state index contributed by atoms with van der Waals surface area (Å²) in [5.41, 5.74) is 1.32. The monoisotopic (exact) mass is 611 g/mol. The fourth-order valence-corrected chi connectivity index (χ4v) is 3.57. The molecule has 0 radical (unpaired) electrons. The lowest BCUT2D eigenvalue weighted by molar-refractivity contribution is -0.146. The Labute approximate surface area is 250 Å². The maximum atomic E-state index is 12.4. The lowest BCUT2D eigenvalue weighted by Gasteiger charge is -2.28. The molecule has 1 heterocycles. The van der Waals surface area contributed by atoms with Crippen LogP contribution in [-0.4, -0.2) is 137 Å². The van der Waals surface area contributed by atoms with Crippen molar-refractivity contribution in [1.29, 1.82) is 0 Å². The Morgan fingerprint density at radius 3 is 1.74 bits per heavy atom. The molecule has 1 aromatic rings. The summed E-state index contributed by atoms with van der Waals surface area (Å²) in [5, 5.41) is 30.1. The van der Waals surface area contributed by atoms with Crippen molar-refractivity contribution in [3.63, 3.8) is 0 Å². The number of rotatable bonds is 21. The van der Waals surface area contributed by atoms with Crippen LogP contribution < -0.4 is 4.90 Å². The Hall–Kier alpha value is -3.37. The summed E-state index contributed by atoms with van der Waals surface area (Å²) in [4.78, 5) is 36.8. The van der Waals surface area contributed by atoms with Gasteiger partial charge in [0, 0.05) is 30.9 Å². The first-order valence-electron chi connectivity index (χ1n) is 13.7. The minimum absolute atomic E-state index is 0.100. The van der Waals surface area contributed by atoms with E-state index < -0.39 is 42.3 Å². The second-order valence-corrected chi connectivity index (χ2v) is 9.40. The van der Waals surface area contributed by atoms with Gasteiger partial charge in [-0.15, -0.1) is 0 Å². The highest BCUT2D eigenvalue weighted by Crippen LogP contribution is 2.17. The van der Waals surface area contributed by atoms with E-state index in [4.69, 9.17) is 33.2 Å². The summed E-state index contributed by atoms with van der Waals surface area (Å²) in [6.07, 6.45) is -2.24. The van der Waals surface area contributed by atoms with Crippen molar-refractivity contribution in [1.82, 2.24) is 0 Å². The molecule has 14 heteroatoms. The van der Waals surface area contributed by atoms with E-state index in [0.717, 1.165) is 30.9 Å². The molecule has 0 bridgehead atoms. The molecule has 0 aromatic heterocycles. The van der Waals surface area contributed by atoms with E-state index in [1.54, 1.807) is 12.1 Å². The molecule has 0 amide bonds. The van der Waals surface area contributed by atoms with Crippen molar-refractivity contribution in [2.75, 3.05) is 84.1 Å². The summed E-state index contributed by atoms with van der Waals surface area (Å²) >= 11 is 0. The van der Waals surface area contributed by atoms with Crippen LogP contribution in [0.4, 0.5) is 5.69 Å². The number of aliphatic hydroxyl groups is 3. The summed E-state index contributed by atoms with van der Waals surface area (Å²) in [7, 11) is 0. The maximum Gasteiger partial charge on any atom is 0.338 e. The number of hydrogen-bond acceptors (Lipinski definition) is 14. The van der Waals surface area contributed by atoms with Gasteiger partial charge in [-0.05, 0) is 24.3 Å². The zero-order chi connectivity index (χ0) is 31.5. The van der Waals surface area contributed by atoms with Crippen molar-refractivity contribution in [2.45, 2.75) is 24.4 Å². The fourth-order valence-electron chi connectivity index (χ4n) is 3.57. The average molecular weight is 612 g/mol. The zero-order valence-corrected chi connectivity index (χ0v) is 24.0. The molecule has 1 aliphatic heterocycles. The number of hydrogen-bond donors (Lipinski definition) is 3. The molecule has 1 saturated heterocycles. The third-order valence-electron chi connectivity index (χ3n) is 5.81. The highest BCUT2D eigenvalue weighted by atomic mass is 16.6. The molecule has 43 heavy (non-hydrogen) atoms. The van der Waals surface area contributed by atoms with E-state index in [1.807, 2.05) is 12.1 Å². The molecule has 1 aliphatic rings. The predicted octanol–water partition coefficient (Wildman–Crippen LogP) is -0.360. The van der Waals surface area contributed by atoms with Gasteiger partial charge in [-0.25, -0.2) is 14.4 Å². The Morgan fingerprint density at radius 1 is 0.744 bits per heavy atom. The molecule has 4 atom stereocenters. The van der Waals surface area contributed by atoms with E-state index in [0.29, 0.717) is 18.8 Å². The summed E-state index contributed by atoms with van der Waals surface area (Å²) in [6.45, 7) is 7.58.